The molecule has 1 amide bonds. The Bertz CT molecular complexity index is 518. The van der Waals surface area contributed by atoms with Crippen LogP contribution in [0.3, 0.4) is 0 Å². The Hall–Kier alpha value is 0.194. The Balaban J connectivity index is 0.00000180. The van der Waals surface area contributed by atoms with Crippen LogP contribution < -0.4 is 0 Å². The molecule has 0 fully saturated rings. The van der Waals surface area contributed by atoms with E-state index in [1.165, 1.54) is 6.07 Å². The van der Waals surface area contributed by atoms with Crippen molar-refractivity contribution in [3.8, 4) is 0 Å². The molecular weight excluding hydrogens is 433 g/mol. The van der Waals surface area contributed by atoms with Crippen LogP contribution in [-0.4, -0.2) is 21.3 Å². The molecule has 1 aromatic carbocycles. The van der Waals surface area contributed by atoms with Crippen LogP contribution in [0.1, 0.15) is 24.5 Å². The van der Waals surface area contributed by atoms with Gasteiger partial charge in [0.05, 0.1) is 9.74 Å². The van der Waals surface area contributed by atoms with E-state index in [9.17, 15) is 9.18 Å². The number of hydrogen-bond donors (Lipinski definition) is 0. The van der Waals surface area contributed by atoms with Gasteiger partial charge in [-0.2, -0.15) is 0 Å². The van der Waals surface area contributed by atoms with Gasteiger partial charge in [-0.25, -0.2) is 10.5 Å². The molecule has 1 aromatic rings. The van der Waals surface area contributed by atoms with E-state index in [0.29, 0.717) is 24.2 Å². The van der Waals surface area contributed by atoms with Crippen molar-refractivity contribution in [3.05, 3.63) is 41.2 Å². The average molecular weight is 447 g/mol. The summed E-state index contributed by atoms with van der Waals surface area (Å²) in [4.78, 5) is 13.7. The van der Waals surface area contributed by atoms with Gasteiger partial charge in [0.1, 0.15) is 0 Å². The summed E-state index contributed by atoms with van der Waals surface area (Å²) in [6.45, 7) is 4.27. The summed E-state index contributed by atoms with van der Waals surface area (Å²) in [6, 6.07) is 5.05. The second kappa shape index (κ2) is 7.27. The number of allylic oxidation sites excluding steroid dienone is 1. The van der Waals surface area contributed by atoms with Crippen LogP contribution in [0, 0.1) is 18.8 Å². The molecule has 5 heteroatoms. The minimum Gasteiger partial charge on any atom is -0.347 e. The van der Waals surface area contributed by atoms with Crippen LogP contribution >= 0.6 is 22.6 Å². The molecule has 1 atom stereocenters. The van der Waals surface area contributed by atoms with Crippen molar-refractivity contribution in [3.63, 3.8) is 0 Å². The quantitative estimate of drug-likeness (QED) is 0.387. The summed E-state index contributed by atoms with van der Waals surface area (Å²) in [5, 5.41) is 0. The molecule has 99 valence electrons. The van der Waals surface area contributed by atoms with Crippen LogP contribution in [0.25, 0.3) is 5.70 Å². The van der Waals surface area contributed by atoms with Gasteiger partial charge < -0.3 is 4.90 Å². The topological polar surface area (TPSA) is 20.3 Å². The predicted molar refractivity (Wildman–Crippen MR) is 77.6 cm³/mol. The molecule has 1 aliphatic rings. The van der Waals surface area contributed by atoms with Gasteiger partial charge in [-0.1, -0.05) is 40.6 Å². The summed E-state index contributed by atoms with van der Waals surface area (Å²) >= 11 is 2.10. The summed E-state index contributed by atoms with van der Waals surface area (Å²) < 4.78 is 13.9. The largest absolute Gasteiger partial charge is 0.347 e. The van der Waals surface area contributed by atoms with Gasteiger partial charge in [0.15, 0.2) is 0 Å². The number of nitrogens with zero attached hydrogens (tertiary/aromatic N) is 1. The van der Waals surface area contributed by atoms with Crippen molar-refractivity contribution in [1.82, 2.24) is 4.90 Å². The number of rotatable bonds is 2. The standard InChI is InChI=1S/C14H14FINO.Y/c1-3-17-13(7-6-12(16)14(17)18)10-5-4-9(2)8-11(10)15;/h4-5,8,12H,3,6H2,1-2H3;/q-1;. The van der Waals surface area contributed by atoms with E-state index in [1.54, 1.807) is 11.0 Å². The minimum atomic E-state index is -0.296. The van der Waals surface area contributed by atoms with Gasteiger partial charge in [-0.3, -0.25) is 4.79 Å². The molecule has 2 nitrogen and oxygen atoms in total. The summed E-state index contributed by atoms with van der Waals surface area (Å²) in [5.74, 6) is -0.262. The van der Waals surface area contributed by atoms with Gasteiger partial charge in [0, 0.05) is 39.3 Å². The fourth-order valence-corrected chi connectivity index (χ4v) is 2.57. The molecule has 1 heterocycles. The predicted octanol–water partition coefficient (Wildman–Crippen LogP) is 3.33. The van der Waals surface area contributed by atoms with E-state index in [1.807, 2.05) is 19.9 Å². The number of carbonyl (C=O) groups excluding carboxylic acids is 1. The van der Waals surface area contributed by atoms with Crippen molar-refractivity contribution in [1.29, 1.82) is 0 Å². The number of carbonyl (C=O) groups is 1. The van der Waals surface area contributed by atoms with Crippen LogP contribution in [0.4, 0.5) is 4.39 Å². The number of amides is 1. The SMILES string of the molecule is CCN1C(=O)C(I)C[C-]=C1c1ccc(C)cc1F.[Y]. The Kier molecular flexibility index (Phi) is 6.60. The van der Waals surface area contributed by atoms with E-state index >= 15 is 0 Å². The van der Waals surface area contributed by atoms with Crippen LogP contribution in [0.2, 0.25) is 0 Å². The van der Waals surface area contributed by atoms with Gasteiger partial charge in [0.25, 0.3) is 0 Å². The molecule has 1 unspecified atom stereocenters. The summed E-state index contributed by atoms with van der Waals surface area (Å²) in [6.07, 6.45) is 3.69. The third-order valence-corrected chi connectivity index (χ3v) is 3.92. The summed E-state index contributed by atoms with van der Waals surface area (Å²) in [7, 11) is 0. The van der Waals surface area contributed by atoms with Gasteiger partial charge in [-0.05, 0) is 19.9 Å². The molecule has 19 heavy (non-hydrogen) atoms. The van der Waals surface area contributed by atoms with E-state index in [2.05, 4.69) is 28.7 Å². The van der Waals surface area contributed by atoms with Crippen molar-refractivity contribution in [2.24, 2.45) is 0 Å². The molecule has 1 aliphatic heterocycles. The van der Waals surface area contributed by atoms with Gasteiger partial charge >= 0.3 is 0 Å². The number of halogens is 2. The van der Waals surface area contributed by atoms with Gasteiger partial charge in [0.2, 0.25) is 5.91 Å². The number of hydrogen-bond acceptors (Lipinski definition) is 1. The molecule has 0 aliphatic carbocycles. The zero-order valence-electron chi connectivity index (χ0n) is 10.9. The van der Waals surface area contributed by atoms with Crippen LogP contribution in [0.15, 0.2) is 18.2 Å². The maximum Gasteiger partial charge on any atom is 0.235 e. The number of alkyl halides is 1. The first-order valence-corrected chi connectivity index (χ1v) is 7.12. The second-order valence-electron chi connectivity index (χ2n) is 4.26. The van der Waals surface area contributed by atoms with E-state index in [0.717, 1.165) is 5.56 Å². The Morgan fingerprint density at radius 1 is 1.53 bits per heavy atom. The van der Waals surface area contributed by atoms with Gasteiger partial charge in [-0.15, -0.1) is 17.3 Å². The molecule has 0 N–H and O–H groups in total. The smallest absolute Gasteiger partial charge is 0.235 e. The molecular formula is C14H14FINOY-. The fourth-order valence-electron chi connectivity index (χ4n) is 2.02. The van der Waals surface area contributed by atoms with Crippen LogP contribution in [0.5, 0.6) is 0 Å². The molecule has 0 bridgehead atoms. The Morgan fingerprint density at radius 3 is 2.79 bits per heavy atom. The molecule has 1 radical (unpaired) electrons. The normalized spacial score (nSPS) is 18.9. The zero-order valence-corrected chi connectivity index (χ0v) is 15.9. The van der Waals surface area contributed by atoms with Crippen molar-refractivity contribution < 1.29 is 41.9 Å². The first kappa shape index (κ1) is 17.2. The molecule has 0 saturated heterocycles. The maximum absolute atomic E-state index is 14.0. The fraction of sp³-hybridized carbons (Fsp3) is 0.357. The molecule has 2 rings (SSSR count). The average Bonchev–Trinajstić information content (AvgIpc) is 2.33. The Labute approximate surface area is 151 Å². The molecule has 0 saturated carbocycles. The monoisotopic (exact) mass is 447 g/mol. The third-order valence-electron chi connectivity index (χ3n) is 2.95. The Morgan fingerprint density at radius 2 is 2.21 bits per heavy atom. The first-order chi connectivity index (χ1) is 8.54. The van der Waals surface area contributed by atoms with Crippen LogP contribution in [-0.2, 0) is 37.5 Å². The molecule has 0 aromatic heterocycles. The summed E-state index contributed by atoms with van der Waals surface area (Å²) in [5.41, 5.74) is 1.90. The van der Waals surface area contributed by atoms with Crippen molar-refractivity contribution in [2.75, 3.05) is 6.54 Å². The van der Waals surface area contributed by atoms with E-state index < -0.39 is 0 Å². The minimum absolute atomic E-state index is 0. The number of aryl methyl sites for hydroxylation is 1. The zero-order chi connectivity index (χ0) is 13.3. The maximum atomic E-state index is 14.0. The van der Waals surface area contributed by atoms with Crippen molar-refractivity contribution in [2.45, 2.75) is 24.2 Å². The third kappa shape index (κ3) is 3.64. The van der Waals surface area contributed by atoms with Crippen molar-refractivity contribution >= 4 is 34.2 Å². The van der Waals surface area contributed by atoms with E-state index in [4.69, 9.17) is 0 Å². The first-order valence-electron chi connectivity index (χ1n) is 5.87. The molecule has 0 spiro atoms. The van der Waals surface area contributed by atoms with E-state index in [-0.39, 0.29) is 48.4 Å². The number of benzene rings is 1. The second-order valence-corrected chi connectivity index (χ2v) is 5.77.